The maximum absolute atomic E-state index is 8.75. The van der Waals surface area contributed by atoms with E-state index in [9.17, 15) is 0 Å². The molecule has 2 rings (SSSR count). The number of hydrogen-bond acceptors (Lipinski definition) is 3. The van der Waals surface area contributed by atoms with Crippen LogP contribution in [0.1, 0.15) is 18.4 Å². The van der Waals surface area contributed by atoms with E-state index < -0.39 is 0 Å². The van der Waals surface area contributed by atoms with Crippen LogP contribution in [0.2, 0.25) is 0 Å². The van der Waals surface area contributed by atoms with E-state index in [0.717, 1.165) is 30.4 Å². The van der Waals surface area contributed by atoms with Crippen LogP contribution in [0.15, 0.2) is 33.9 Å². The van der Waals surface area contributed by atoms with Gasteiger partial charge in [0.15, 0.2) is 5.84 Å². The van der Waals surface area contributed by atoms with Crippen LogP contribution in [0.4, 0.5) is 0 Å². The Bertz CT molecular complexity index is 422. The second kappa shape index (κ2) is 5.51. The van der Waals surface area contributed by atoms with Crippen molar-refractivity contribution in [3.05, 3.63) is 34.3 Å². The predicted octanol–water partition coefficient (Wildman–Crippen LogP) is 2.16. The van der Waals surface area contributed by atoms with Gasteiger partial charge in [-0.3, -0.25) is 4.90 Å². The van der Waals surface area contributed by atoms with Crippen molar-refractivity contribution in [3.63, 3.8) is 0 Å². The molecule has 1 fully saturated rings. The lowest BCUT2D eigenvalue weighted by Crippen LogP contribution is -2.40. The van der Waals surface area contributed by atoms with Crippen LogP contribution in [-0.4, -0.2) is 28.5 Å². The van der Waals surface area contributed by atoms with Crippen molar-refractivity contribution in [2.75, 3.05) is 6.54 Å². The molecule has 0 aromatic heterocycles. The summed E-state index contributed by atoms with van der Waals surface area (Å²) in [5.74, 6) is 0.317. The highest BCUT2D eigenvalue weighted by atomic mass is 79.9. The molecule has 1 aliphatic heterocycles. The Hall–Kier alpha value is -1.07. The topological polar surface area (TPSA) is 61.9 Å². The Balaban J connectivity index is 2.08. The molecular formula is C12H16BrN3O. The van der Waals surface area contributed by atoms with Crippen LogP contribution in [0.3, 0.4) is 0 Å². The van der Waals surface area contributed by atoms with Crippen molar-refractivity contribution < 1.29 is 5.21 Å². The molecule has 0 spiro atoms. The van der Waals surface area contributed by atoms with Gasteiger partial charge in [-0.25, -0.2) is 0 Å². The molecule has 0 aliphatic carbocycles. The highest BCUT2D eigenvalue weighted by Gasteiger charge is 2.27. The van der Waals surface area contributed by atoms with Gasteiger partial charge in [0.05, 0.1) is 6.04 Å². The zero-order valence-electron chi connectivity index (χ0n) is 9.51. The minimum Gasteiger partial charge on any atom is -0.409 e. The average Bonchev–Trinajstić information content (AvgIpc) is 2.76. The summed E-state index contributed by atoms with van der Waals surface area (Å²) < 4.78 is 1.08. The molecule has 1 saturated heterocycles. The molecular weight excluding hydrogens is 282 g/mol. The summed E-state index contributed by atoms with van der Waals surface area (Å²) >= 11 is 3.46. The van der Waals surface area contributed by atoms with Crippen LogP contribution >= 0.6 is 15.9 Å². The molecule has 0 amide bonds. The number of oxime groups is 1. The summed E-state index contributed by atoms with van der Waals surface area (Å²) in [7, 11) is 0. The third-order valence-corrected chi connectivity index (χ3v) is 3.59. The molecule has 92 valence electrons. The summed E-state index contributed by atoms with van der Waals surface area (Å²) in [5.41, 5.74) is 6.93. The number of hydrogen-bond donors (Lipinski definition) is 2. The van der Waals surface area contributed by atoms with Crippen molar-refractivity contribution in [2.45, 2.75) is 25.4 Å². The van der Waals surface area contributed by atoms with Gasteiger partial charge in [-0.15, -0.1) is 0 Å². The van der Waals surface area contributed by atoms with E-state index in [1.54, 1.807) is 0 Å². The zero-order chi connectivity index (χ0) is 12.3. The number of nitrogens with two attached hydrogens (primary N) is 1. The number of halogens is 1. The summed E-state index contributed by atoms with van der Waals surface area (Å²) in [6.45, 7) is 1.83. The molecule has 3 N–H and O–H groups in total. The van der Waals surface area contributed by atoms with Crippen molar-refractivity contribution in [3.8, 4) is 0 Å². The van der Waals surface area contributed by atoms with Crippen LogP contribution in [0.5, 0.6) is 0 Å². The molecule has 1 aliphatic rings. The third-order valence-electron chi connectivity index (χ3n) is 3.10. The molecule has 1 atom stereocenters. The van der Waals surface area contributed by atoms with Gasteiger partial charge in [0, 0.05) is 11.0 Å². The van der Waals surface area contributed by atoms with E-state index in [1.165, 1.54) is 5.56 Å². The van der Waals surface area contributed by atoms with E-state index in [1.807, 2.05) is 12.1 Å². The molecule has 1 aromatic rings. The molecule has 1 heterocycles. The molecule has 0 saturated carbocycles. The number of likely N-dealkylation sites (tertiary alicyclic amines) is 1. The number of nitrogens with zero attached hydrogens (tertiary/aromatic N) is 2. The van der Waals surface area contributed by atoms with Crippen LogP contribution < -0.4 is 5.73 Å². The van der Waals surface area contributed by atoms with Gasteiger partial charge < -0.3 is 10.9 Å². The SMILES string of the molecule is NC(=NO)C1CCCN1Cc1cccc(Br)c1. The minimum absolute atomic E-state index is 0.0685. The third kappa shape index (κ3) is 2.98. The van der Waals surface area contributed by atoms with Crippen LogP contribution in [-0.2, 0) is 6.54 Å². The van der Waals surface area contributed by atoms with Gasteiger partial charge in [-0.2, -0.15) is 0 Å². The number of benzene rings is 1. The first-order chi connectivity index (χ1) is 8.20. The first-order valence-electron chi connectivity index (χ1n) is 5.66. The van der Waals surface area contributed by atoms with Crippen molar-refractivity contribution >= 4 is 21.8 Å². The van der Waals surface area contributed by atoms with Crippen molar-refractivity contribution in [1.82, 2.24) is 4.90 Å². The lowest BCUT2D eigenvalue weighted by Gasteiger charge is -2.23. The van der Waals surface area contributed by atoms with E-state index in [2.05, 4.69) is 38.1 Å². The Morgan fingerprint density at radius 1 is 1.59 bits per heavy atom. The lowest BCUT2D eigenvalue weighted by atomic mass is 10.1. The lowest BCUT2D eigenvalue weighted by molar-refractivity contribution is 0.275. The van der Waals surface area contributed by atoms with Gasteiger partial charge in [0.25, 0.3) is 0 Å². The maximum Gasteiger partial charge on any atom is 0.156 e. The second-order valence-corrected chi connectivity index (χ2v) is 5.20. The fraction of sp³-hybridized carbons (Fsp3) is 0.417. The van der Waals surface area contributed by atoms with Crippen molar-refractivity contribution in [1.29, 1.82) is 0 Å². The molecule has 0 bridgehead atoms. The standard InChI is InChI=1S/C12H16BrN3O/c13-10-4-1-3-9(7-10)8-16-6-2-5-11(16)12(14)15-17/h1,3-4,7,11,17H,2,5-6,8H2,(H2,14,15). The van der Waals surface area contributed by atoms with Crippen LogP contribution in [0.25, 0.3) is 0 Å². The largest absolute Gasteiger partial charge is 0.409 e. The normalized spacial score (nSPS) is 21.9. The van der Waals surface area contributed by atoms with E-state index in [-0.39, 0.29) is 6.04 Å². The van der Waals surface area contributed by atoms with E-state index in [0.29, 0.717) is 5.84 Å². The predicted molar refractivity (Wildman–Crippen MR) is 71.0 cm³/mol. The average molecular weight is 298 g/mol. The monoisotopic (exact) mass is 297 g/mol. The summed E-state index contributed by atoms with van der Waals surface area (Å²) in [5, 5.41) is 11.9. The molecule has 1 aromatic carbocycles. The van der Waals surface area contributed by atoms with Gasteiger partial charge >= 0.3 is 0 Å². The fourth-order valence-electron chi connectivity index (χ4n) is 2.29. The fourth-order valence-corrected chi connectivity index (χ4v) is 2.73. The molecule has 5 heteroatoms. The van der Waals surface area contributed by atoms with Gasteiger partial charge in [0.1, 0.15) is 0 Å². The molecule has 4 nitrogen and oxygen atoms in total. The molecule has 1 unspecified atom stereocenters. The maximum atomic E-state index is 8.75. The first-order valence-corrected chi connectivity index (χ1v) is 6.46. The Kier molecular flexibility index (Phi) is 4.02. The van der Waals surface area contributed by atoms with Gasteiger partial charge in [0.2, 0.25) is 0 Å². The molecule has 17 heavy (non-hydrogen) atoms. The summed E-state index contributed by atoms with van der Waals surface area (Å²) in [6.07, 6.45) is 2.05. The highest BCUT2D eigenvalue weighted by molar-refractivity contribution is 9.10. The Labute approximate surface area is 109 Å². The van der Waals surface area contributed by atoms with E-state index >= 15 is 0 Å². The minimum atomic E-state index is 0.0685. The van der Waals surface area contributed by atoms with E-state index in [4.69, 9.17) is 10.9 Å². The number of amidine groups is 1. The highest BCUT2D eigenvalue weighted by Crippen LogP contribution is 2.21. The van der Waals surface area contributed by atoms with Crippen LogP contribution in [0, 0.1) is 0 Å². The smallest absolute Gasteiger partial charge is 0.156 e. The van der Waals surface area contributed by atoms with Gasteiger partial charge in [-0.1, -0.05) is 33.2 Å². The second-order valence-electron chi connectivity index (χ2n) is 4.28. The number of rotatable bonds is 3. The quantitative estimate of drug-likeness (QED) is 0.389. The Morgan fingerprint density at radius 3 is 3.12 bits per heavy atom. The summed E-state index contributed by atoms with van der Waals surface area (Å²) in [6, 6.07) is 8.29. The zero-order valence-corrected chi connectivity index (χ0v) is 11.1. The molecule has 0 radical (unpaired) electrons. The van der Waals surface area contributed by atoms with Crippen molar-refractivity contribution in [2.24, 2.45) is 10.9 Å². The first kappa shape index (κ1) is 12.4. The summed E-state index contributed by atoms with van der Waals surface area (Å²) in [4.78, 5) is 2.25. The Morgan fingerprint density at radius 2 is 2.41 bits per heavy atom. The van der Waals surface area contributed by atoms with Gasteiger partial charge in [-0.05, 0) is 37.1 Å².